The van der Waals surface area contributed by atoms with E-state index in [-0.39, 0.29) is 27.3 Å². The lowest BCUT2D eigenvalue weighted by atomic mass is 10.0. The molecule has 0 aliphatic carbocycles. The number of carbonyl (C=O) groups is 1. The van der Waals surface area contributed by atoms with E-state index in [0.29, 0.717) is 0 Å². The summed E-state index contributed by atoms with van der Waals surface area (Å²) in [6.45, 7) is -3.71. The number of amides is 1. The van der Waals surface area contributed by atoms with Gasteiger partial charge in [0.2, 0.25) is 0 Å². The topological polar surface area (TPSA) is 57.4 Å². The fourth-order valence-corrected chi connectivity index (χ4v) is 2.03. The molecule has 112 valence electrons. The summed E-state index contributed by atoms with van der Waals surface area (Å²) in [6, 6.07) is 1.56. The normalized spacial score (nSPS) is 31.1. The van der Waals surface area contributed by atoms with Crippen molar-refractivity contribution in [2.24, 2.45) is 0 Å². The van der Waals surface area contributed by atoms with Gasteiger partial charge in [-0.25, -0.2) is 4.79 Å². The summed E-state index contributed by atoms with van der Waals surface area (Å²) < 4.78 is 84.8. The van der Waals surface area contributed by atoms with Crippen molar-refractivity contribution in [3.05, 3.63) is 35.5 Å². The number of likely N-dealkylation sites (N-methyl/N-ethyl adjacent to an activating group) is 1. The summed E-state index contributed by atoms with van der Waals surface area (Å²) in [5.41, 5.74) is 0.111. The van der Waals surface area contributed by atoms with E-state index in [1.807, 2.05) is 0 Å². The van der Waals surface area contributed by atoms with E-state index in [1.165, 1.54) is 31.4 Å². The zero-order valence-corrected chi connectivity index (χ0v) is 11.4. The van der Waals surface area contributed by atoms with Crippen LogP contribution in [0.25, 0.3) is 10.9 Å². The van der Waals surface area contributed by atoms with Crippen molar-refractivity contribution in [2.75, 3.05) is 27.2 Å². The van der Waals surface area contributed by atoms with Gasteiger partial charge in [-0.15, -0.1) is 0 Å². The van der Waals surface area contributed by atoms with E-state index in [2.05, 4.69) is 4.74 Å². The number of alkyl carbamates (subject to hydrolysis) is 1. The monoisotopic (exact) mass is 297 g/mol. The third-order valence-electron chi connectivity index (χ3n) is 2.97. The molecule has 0 bridgehead atoms. The molecule has 1 atom stereocenters. The molecule has 0 radical (unpaired) electrons. The Morgan fingerprint density at radius 2 is 2.57 bits per heavy atom. The molecule has 1 aliphatic heterocycles. The van der Waals surface area contributed by atoms with E-state index in [0.717, 1.165) is 9.88 Å². The van der Waals surface area contributed by atoms with E-state index in [1.54, 1.807) is 0 Å². The van der Waals surface area contributed by atoms with Crippen LogP contribution in [-0.4, -0.2) is 49.2 Å². The minimum Gasteiger partial charge on any atom is -0.447 e. The van der Waals surface area contributed by atoms with Gasteiger partial charge in [0.25, 0.3) is 0 Å². The molecule has 1 saturated heterocycles. The van der Waals surface area contributed by atoms with Crippen LogP contribution in [-0.2, 0) is 17.5 Å². The number of nitrogens with zero attached hydrogens (tertiary/aromatic N) is 1. The van der Waals surface area contributed by atoms with Crippen molar-refractivity contribution in [2.45, 2.75) is 18.8 Å². The van der Waals surface area contributed by atoms with Crippen molar-refractivity contribution in [3.63, 3.8) is 0 Å². The number of carbonyl (C=O) groups excluding carboxylic acids is 1. The predicted octanol–water partition coefficient (Wildman–Crippen LogP) is 1.92. The summed E-state index contributed by atoms with van der Waals surface area (Å²) in [5, 5.41) is 0.281. The number of aromatic nitrogens is 1. The van der Waals surface area contributed by atoms with E-state index in [4.69, 9.17) is 13.8 Å². The number of rotatable bonds is 5. The summed E-state index contributed by atoms with van der Waals surface area (Å²) >= 11 is 0. The van der Waals surface area contributed by atoms with Crippen LogP contribution in [0.15, 0.2) is 24.4 Å². The maximum absolute atomic E-state index is 11.6. The average Bonchev–Trinajstić information content (AvgIpc) is 3.13. The van der Waals surface area contributed by atoms with Gasteiger partial charge in [0.15, 0.2) is 2.82 Å². The van der Waals surface area contributed by atoms with Gasteiger partial charge in [-0.1, -0.05) is 6.07 Å². The van der Waals surface area contributed by atoms with Crippen molar-refractivity contribution in [1.29, 1.82) is 0 Å². The summed E-state index contributed by atoms with van der Waals surface area (Å²) in [6.07, 6.45) is -4.74. The summed E-state index contributed by atoms with van der Waals surface area (Å²) in [7, 11) is 1.25. The van der Waals surface area contributed by atoms with Crippen LogP contribution in [0.3, 0.4) is 0 Å². The molecule has 1 aromatic heterocycles. The highest BCUT2D eigenvalue weighted by Crippen LogP contribution is 2.21. The molecule has 1 aliphatic rings. The number of benzene rings is 1. The molecule has 0 spiro atoms. The Hall–Kier alpha value is -2.01. The second-order valence-corrected chi connectivity index (χ2v) is 4.67. The number of H-pyrrole nitrogens is 1. The Morgan fingerprint density at radius 3 is 3.33 bits per heavy atom. The first-order valence-electron chi connectivity index (χ1n) is 11.2. The van der Waals surface area contributed by atoms with Crippen molar-refractivity contribution < 1.29 is 23.3 Å². The Balaban J connectivity index is 2.10. The Kier molecular flexibility index (Phi) is 1.76. The number of hydrogen-bond acceptors (Lipinski definition) is 3. The molecule has 5 heteroatoms. The Morgan fingerprint density at radius 1 is 1.67 bits per heavy atom. The second-order valence-electron chi connectivity index (χ2n) is 4.67. The Labute approximate surface area is 138 Å². The second kappa shape index (κ2) is 5.77. The molecule has 5 nitrogen and oxygen atoms in total. The van der Waals surface area contributed by atoms with E-state index >= 15 is 0 Å². The highest BCUT2D eigenvalue weighted by atomic mass is 16.6. The maximum Gasteiger partial charge on any atom is 0.407 e. The number of nitrogens with one attached hydrogen (secondary N) is 2. The van der Waals surface area contributed by atoms with Crippen LogP contribution in [0.5, 0.6) is 0 Å². The lowest BCUT2D eigenvalue weighted by molar-refractivity contribution is 0.177. The Bertz CT molecular complexity index is 1020. The van der Waals surface area contributed by atoms with Crippen molar-refractivity contribution in [3.8, 4) is 0 Å². The van der Waals surface area contributed by atoms with Crippen LogP contribution >= 0.6 is 0 Å². The maximum atomic E-state index is 11.6. The smallest absolute Gasteiger partial charge is 0.407 e. The van der Waals surface area contributed by atoms with Gasteiger partial charge in [-0.2, -0.15) is 0 Å². The van der Waals surface area contributed by atoms with Gasteiger partial charge < -0.3 is 19.9 Å². The quantitative estimate of drug-likeness (QED) is 0.886. The van der Waals surface area contributed by atoms with Gasteiger partial charge >= 0.3 is 6.09 Å². The highest BCUT2D eigenvalue weighted by molar-refractivity contribution is 5.84. The zero-order valence-electron chi connectivity index (χ0n) is 21.4. The van der Waals surface area contributed by atoms with E-state index in [9.17, 15) is 4.79 Å². The molecule has 1 fully saturated rings. The molecule has 1 aromatic carbocycles. The summed E-state index contributed by atoms with van der Waals surface area (Å²) in [4.78, 5) is 13.3. The van der Waals surface area contributed by atoms with Crippen LogP contribution in [0, 0.1) is 0 Å². The zero-order chi connectivity index (χ0) is 23.6. The molecule has 1 amide bonds. The minimum atomic E-state index is -2.57. The van der Waals surface area contributed by atoms with Gasteiger partial charge in [0, 0.05) is 33.2 Å². The van der Waals surface area contributed by atoms with Crippen molar-refractivity contribution >= 4 is 17.0 Å². The van der Waals surface area contributed by atoms with Crippen LogP contribution < -0.4 is 5.31 Å². The number of fused-ring (bicyclic) bond motifs is 1. The highest BCUT2D eigenvalue weighted by Gasteiger charge is 2.22. The van der Waals surface area contributed by atoms with E-state index < -0.39 is 45.0 Å². The van der Waals surface area contributed by atoms with Crippen molar-refractivity contribution in [1.82, 2.24) is 15.2 Å². The third-order valence-corrected chi connectivity index (χ3v) is 2.97. The summed E-state index contributed by atoms with van der Waals surface area (Å²) in [5.74, 6) is 0. The average molecular weight is 297 g/mol. The lowest BCUT2D eigenvalue weighted by Crippen LogP contribution is -2.28. The largest absolute Gasteiger partial charge is 0.447 e. The molecule has 2 heterocycles. The SMILES string of the molecule is [2H]N1C(=O)OC[C@]1([2H])C([2H])([2H])c1ccc2c(c1)c(C([2H])([2H])CN(C)C([2H])([2H])[2H])cn2[2H]. The van der Waals surface area contributed by atoms with Gasteiger partial charge in [-0.05, 0) is 50.0 Å². The predicted molar refractivity (Wildman–Crippen MR) is 82.5 cm³/mol. The molecule has 0 unspecified atom stereocenters. The minimum absolute atomic E-state index is 0.0215. The van der Waals surface area contributed by atoms with Crippen LogP contribution in [0.1, 0.15) is 22.1 Å². The fraction of sp³-hybridized carbons (Fsp3) is 0.438. The standard InChI is InChI=1S/C16H21N3O2/c1-19(2)6-5-12-9-17-15-4-3-11(8-14(12)15)7-13-10-21-16(20)18-13/h3-4,8-9,13,17H,5-7,10H2,1-2H3,(H,18,20)/t13-/m0/s1/i1D3,5D2,7D2,13D/hD2. The fourth-order valence-electron chi connectivity index (χ4n) is 2.03. The number of cyclic esters (lactones) is 1. The first-order chi connectivity index (χ1) is 14.0. The lowest BCUT2D eigenvalue weighted by Gasteiger charge is -2.09. The first-order valence-corrected chi connectivity index (χ1v) is 6.35. The molecule has 2 aromatic rings. The molecule has 21 heavy (non-hydrogen) atoms. The van der Waals surface area contributed by atoms with Gasteiger partial charge in [0.1, 0.15) is 6.61 Å². The molecular formula is C16H21N3O2. The molecular weight excluding hydrogens is 266 g/mol. The molecule has 0 saturated carbocycles. The van der Waals surface area contributed by atoms with Crippen LogP contribution in [0.2, 0.25) is 2.82 Å². The number of ether oxygens (including phenoxy) is 1. The van der Waals surface area contributed by atoms with Crippen LogP contribution in [0.4, 0.5) is 4.79 Å². The molecule has 3 rings (SSSR count). The number of hydrogen-bond donors (Lipinski definition) is 2. The molecule has 2 N–H and O–H groups in total. The van der Waals surface area contributed by atoms with Gasteiger partial charge in [-0.3, -0.25) is 0 Å². The van der Waals surface area contributed by atoms with Gasteiger partial charge in [0.05, 0.1) is 7.39 Å². The third kappa shape index (κ3) is 3.19. The number of aromatic amines is 1. The first kappa shape index (κ1) is 6.40.